The van der Waals surface area contributed by atoms with Crippen molar-refractivity contribution in [2.24, 2.45) is 0 Å². The van der Waals surface area contributed by atoms with Gasteiger partial charge in [-0.25, -0.2) is 4.98 Å². The molecule has 1 amide bonds. The second-order valence-electron chi connectivity index (χ2n) is 7.86. The number of carbonyl (C=O) groups is 1. The van der Waals surface area contributed by atoms with Gasteiger partial charge in [-0.15, -0.1) is 0 Å². The Hall–Kier alpha value is -3.29. The number of piperazine rings is 1. The number of nitrogens with zero attached hydrogens (tertiary/aromatic N) is 6. The van der Waals surface area contributed by atoms with Crippen LogP contribution in [0.5, 0.6) is 0 Å². The molecular formula is C22H24N6O2. The Morgan fingerprint density at radius 1 is 1.00 bits per heavy atom. The molecular weight excluding hydrogens is 380 g/mol. The summed E-state index contributed by atoms with van der Waals surface area (Å²) in [7, 11) is 0. The summed E-state index contributed by atoms with van der Waals surface area (Å²) in [6.45, 7) is 2.83. The molecule has 0 spiro atoms. The topological polar surface area (TPSA) is 88.3 Å². The Morgan fingerprint density at radius 3 is 2.47 bits per heavy atom. The maximum atomic E-state index is 12.6. The summed E-state index contributed by atoms with van der Waals surface area (Å²) in [5.41, 5.74) is 1.54. The lowest BCUT2D eigenvalue weighted by atomic mass is 10.1. The zero-order valence-electron chi connectivity index (χ0n) is 16.8. The van der Waals surface area contributed by atoms with Crippen LogP contribution in [0.4, 0.5) is 5.82 Å². The molecule has 0 unspecified atom stereocenters. The molecule has 2 fully saturated rings. The summed E-state index contributed by atoms with van der Waals surface area (Å²) >= 11 is 0. The minimum atomic E-state index is 0.0514. The normalized spacial score (nSPS) is 17.5. The number of pyridine rings is 2. The minimum absolute atomic E-state index is 0.0514. The molecule has 8 heteroatoms. The van der Waals surface area contributed by atoms with Crippen molar-refractivity contribution < 1.29 is 9.32 Å². The maximum absolute atomic E-state index is 12.6. The van der Waals surface area contributed by atoms with Crippen LogP contribution in [0.25, 0.3) is 11.4 Å². The lowest BCUT2D eigenvalue weighted by molar-refractivity contribution is 0.0746. The molecule has 1 saturated carbocycles. The molecule has 0 aromatic carbocycles. The van der Waals surface area contributed by atoms with Crippen LogP contribution in [0.15, 0.2) is 47.4 Å². The Bertz CT molecular complexity index is 990. The van der Waals surface area contributed by atoms with Gasteiger partial charge in [0.15, 0.2) is 0 Å². The third-order valence-corrected chi connectivity index (χ3v) is 5.97. The van der Waals surface area contributed by atoms with E-state index in [0.717, 1.165) is 43.2 Å². The molecule has 2 aliphatic rings. The first-order valence-electron chi connectivity index (χ1n) is 10.5. The number of hydrogen-bond acceptors (Lipinski definition) is 7. The van der Waals surface area contributed by atoms with Gasteiger partial charge in [-0.1, -0.05) is 18.0 Å². The van der Waals surface area contributed by atoms with E-state index in [2.05, 4.69) is 25.0 Å². The molecule has 0 atom stereocenters. The van der Waals surface area contributed by atoms with Gasteiger partial charge in [-0.05, 0) is 37.1 Å². The standard InChI is InChI=1S/C22H24N6O2/c29-22(17-7-9-23-10-8-17)28-13-11-27(12-14-28)19-6-5-18(15-24-19)20-25-21(30-26-20)16-3-1-2-4-16/h5-10,15-16H,1-4,11-14H2. The van der Waals surface area contributed by atoms with E-state index in [1.54, 1.807) is 30.7 Å². The average molecular weight is 404 g/mol. The highest BCUT2D eigenvalue weighted by molar-refractivity contribution is 5.94. The van der Waals surface area contributed by atoms with Crippen molar-refractivity contribution in [2.75, 3.05) is 31.1 Å². The smallest absolute Gasteiger partial charge is 0.254 e. The monoisotopic (exact) mass is 404 g/mol. The minimum Gasteiger partial charge on any atom is -0.353 e. The summed E-state index contributed by atoms with van der Waals surface area (Å²) < 4.78 is 5.48. The Balaban J connectivity index is 1.21. The van der Waals surface area contributed by atoms with Crippen molar-refractivity contribution in [1.29, 1.82) is 0 Å². The van der Waals surface area contributed by atoms with Gasteiger partial charge in [0.05, 0.1) is 0 Å². The number of rotatable bonds is 4. The number of anilines is 1. The van der Waals surface area contributed by atoms with Gasteiger partial charge >= 0.3 is 0 Å². The van der Waals surface area contributed by atoms with E-state index < -0.39 is 0 Å². The summed E-state index contributed by atoms with van der Waals surface area (Å²) in [5.74, 6) is 2.71. The van der Waals surface area contributed by atoms with Crippen LogP contribution in [-0.4, -0.2) is 57.1 Å². The van der Waals surface area contributed by atoms with Crippen LogP contribution in [0.3, 0.4) is 0 Å². The first-order valence-corrected chi connectivity index (χ1v) is 10.5. The SMILES string of the molecule is O=C(c1ccncc1)N1CCN(c2ccc(-c3noc(C4CCCC4)n3)cn2)CC1. The average Bonchev–Trinajstić information content (AvgIpc) is 3.52. The predicted octanol–water partition coefficient (Wildman–Crippen LogP) is 3.15. The fourth-order valence-electron chi connectivity index (χ4n) is 4.21. The Labute approximate surface area is 174 Å². The first-order chi connectivity index (χ1) is 14.8. The highest BCUT2D eigenvalue weighted by Gasteiger charge is 2.24. The van der Waals surface area contributed by atoms with Gasteiger partial charge in [-0.3, -0.25) is 9.78 Å². The van der Waals surface area contributed by atoms with Crippen molar-refractivity contribution in [3.05, 3.63) is 54.3 Å². The Morgan fingerprint density at radius 2 is 1.77 bits per heavy atom. The second kappa shape index (κ2) is 8.22. The number of hydrogen-bond donors (Lipinski definition) is 0. The molecule has 30 heavy (non-hydrogen) atoms. The first kappa shape index (κ1) is 18.7. The van der Waals surface area contributed by atoms with Crippen LogP contribution in [0.1, 0.15) is 47.8 Å². The lowest BCUT2D eigenvalue weighted by Crippen LogP contribution is -2.49. The number of aromatic nitrogens is 4. The number of carbonyl (C=O) groups excluding carboxylic acids is 1. The third kappa shape index (κ3) is 3.77. The Kier molecular flexibility index (Phi) is 5.13. The summed E-state index contributed by atoms with van der Waals surface area (Å²) in [6, 6.07) is 7.48. The van der Waals surface area contributed by atoms with E-state index in [1.165, 1.54) is 12.8 Å². The molecule has 0 N–H and O–H groups in total. The molecule has 3 aromatic heterocycles. The van der Waals surface area contributed by atoms with Gasteiger partial charge in [0, 0.05) is 61.8 Å². The van der Waals surface area contributed by atoms with Gasteiger partial charge in [0.2, 0.25) is 11.7 Å². The summed E-state index contributed by atoms with van der Waals surface area (Å²) in [4.78, 5) is 29.8. The van der Waals surface area contributed by atoms with Crippen LogP contribution < -0.4 is 4.90 Å². The molecule has 1 saturated heterocycles. The highest BCUT2D eigenvalue weighted by Crippen LogP contribution is 2.33. The lowest BCUT2D eigenvalue weighted by Gasteiger charge is -2.35. The predicted molar refractivity (Wildman–Crippen MR) is 111 cm³/mol. The van der Waals surface area contributed by atoms with Crippen molar-refractivity contribution in [3.8, 4) is 11.4 Å². The van der Waals surface area contributed by atoms with Crippen LogP contribution >= 0.6 is 0 Å². The van der Waals surface area contributed by atoms with Crippen molar-refractivity contribution in [3.63, 3.8) is 0 Å². The second-order valence-corrected chi connectivity index (χ2v) is 7.86. The number of amides is 1. The molecule has 0 radical (unpaired) electrons. The maximum Gasteiger partial charge on any atom is 0.254 e. The summed E-state index contributed by atoms with van der Waals surface area (Å²) in [5, 5.41) is 4.14. The fourth-order valence-corrected chi connectivity index (χ4v) is 4.21. The van der Waals surface area contributed by atoms with Gasteiger partial charge in [0.25, 0.3) is 5.91 Å². The molecule has 1 aliphatic carbocycles. The highest BCUT2D eigenvalue weighted by atomic mass is 16.5. The van der Waals surface area contributed by atoms with Crippen LogP contribution in [0.2, 0.25) is 0 Å². The van der Waals surface area contributed by atoms with Crippen molar-refractivity contribution in [2.45, 2.75) is 31.6 Å². The van der Waals surface area contributed by atoms with Gasteiger partial charge in [0.1, 0.15) is 5.82 Å². The van der Waals surface area contributed by atoms with Crippen molar-refractivity contribution >= 4 is 11.7 Å². The zero-order valence-corrected chi connectivity index (χ0v) is 16.8. The third-order valence-electron chi connectivity index (χ3n) is 5.97. The molecule has 4 heterocycles. The van der Waals surface area contributed by atoms with E-state index in [0.29, 0.717) is 30.4 Å². The summed E-state index contributed by atoms with van der Waals surface area (Å²) in [6.07, 6.45) is 9.83. The van der Waals surface area contributed by atoms with E-state index in [9.17, 15) is 4.79 Å². The quantitative estimate of drug-likeness (QED) is 0.660. The van der Waals surface area contributed by atoms with Gasteiger partial charge < -0.3 is 14.3 Å². The van der Waals surface area contributed by atoms with E-state index in [1.807, 2.05) is 17.0 Å². The molecule has 1 aliphatic heterocycles. The molecule has 3 aromatic rings. The molecule has 154 valence electrons. The fraction of sp³-hybridized carbons (Fsp3) is 0.409. The van der Waals surface area contributed by atoms with Crippen LogP contribution in [0, 0.1) is 0 Å². The zero-order chi connectivity index (χ0) is 20.3. The van der Waals surface area contributed by atoms with E-state index in [4.69, 9.17) is 4.52 Å². The largest absolute Gasteiger partial charge is 0.353 e. The van der Waals surface area contributed by atoms with Crippen molar-refractivity contribution in [1.82, 2.24) is 25.0 Å². The molecule has 0 bridgehead atoms. The van der Waals surface area contributed by atoms with E-state index >= 15 is 0 Å². The van der Waals surface area contributed by atoms with Gasteiger partial charge in [-0.2, -0.15) is 4.98 Å². The molecule has 5 rings (SSSR count). The van der Waals surface area contributed by atoms with Crippen LogP contribution in [-0.2, 0) is 0 Å². The van der Waals surface area contributed by atoms with E-state index in [-0.39, 0.29) is 5.91 Å². The molecule has 8 nitrogen and oxygen atoms in total.